The highest BCUT2D eigenvalue weighted by Crippen LogP contribution is 2.24. The molecule has 3 rings (SSSR count). The van der Waals surface area contributed by atoms with Crippen LogP contribution in [0.4, 0.5) is 0 Å². The van der Waals surface area contributed by atoms with Crippen LogP contribution < -0.4 is 4.74 Å². The Morgan fingerprint density at radius 3 is 2.26 bits per heavy atom. The minimum Gasteiger partial charge on any atom is -0.497 e. The van der Waals surface area contributed by atoms with E-state index in [-0.39, 0.29) is 4.90 Å². The van der Waals surface area contributed by atoms with Crippen molar-refractivity contribution >= 4 is 10.0 Å². The van der Waals surface area contributed by atoms with E-state index in [2.05, 4.69) is 10.3 Å². The van der Waals surface area contributed by atoms with Gasteiger partial charge in [-0.25, -0.2) is 0 Å². The van der Waals surface area contributed by atoms with E-state index in [1.807, 2.05) is 6.92 Å². The van der Waals surface area contributed by atoms with Gasteiger partial charge in [0.2, 0.25) is 0 Å². The quantitative estimate of drug-likeness (QED) is 0.735. The van der Waals surface area contributed by atoms with Crippen LogP contribution in [0.25, 0.3) is 11.3 Å². The summed E-state index contributed by atoms with van der Waals surface area (Å²) in [5.41, 5.74) is 2.07. The standard InChI is InChI=1S/C16H15N3O3S/c1-12-3-9-15(10-4-12)23(20,21)19-16(11-17-18-19)13-5-7-14(22-2)8-6-13/h3-11H,1-2H3. The normalized spacial score (nSPS) is 11.4. The van der Waals surface area contributed by atoms with Crippen LogP contribution in [0.15, 0.2) is 59.6 Å². The fourth-order valence-corrected chi connectivity index (χ4v) is 3.39. The summed E-state index contributed by atoms with van der Waals surface area (Å²) in [7, 11) is -2.22. The maximum absolute atomic E-state index is 12.8. The molecule has 118 valence electrons. The summed E-state index contributed by atoms with van der Waals surface area (Å²) in [6.45, 7) is 1.90. The average molecular weight is 329 g/mol. The Balaban J connectivity index is 2.07. The number of aromatic nitrogens is 3. The van der Waals surface area contributed by atoms with Crippen LogP contribution in [0.1, 0.15) is 5.56 Å². The first kappa shape index (κ1) is 15.2. The van der Waals surface area contributed by atoms with Gasteiger partial charge in [-0.1, -0.05) is 22.9 Å². The molecule has 0 aliphatic rings. The average Bonchev–Trinajstić information content (AvgIpc) is 3.06. The van der Waals surface area contributed by atoms with E-state index in [1.54, 1.807) is 55.6 Å². The van der Waals surface area contributed by atoms with Gasteiger partial charge in [-0.2, -0.15) is 8.42 Å². The lowest BCUT2D eigenvalue weighted by Crippen LogP contribution is -2.16. The van der Waals surface area contributed by atoms with E-state index >= 15 is 0 Å². The summed E-state index contributed by atoms with van der Waals surface area (Å²) in [5.74, 6) is 0.689. The second-order valence-electron chi connectivity index (χ2n) is 5.01. The molecule has 0 atom stereocenters. The maximum atomic E-state index is 12.8. The number of rotatable bonds is 4. The number of aryl methyl sites for hydroxylation is 1. The van der Waals surface area contributed by atoms with Gasteiger partial charge in [-0.05, 0) is 43.3 Å². The number of benzene rings is 2. The summed E-state index contributed by atoms with van der Waals surface area (Å²) in [4.78, 5) is 0.170. The fourth-order valence-electron chi connectivity index (χ4n) is 2.16. The highest BCUT2D eigenvalue weighted by molar-refractivity contribution is 7.90. The highest BCUT2D eigenvalue weighted by atomic mass is 32.2. The number of nitrogens with zero attached hydrogens (tertiary/aromatic N) is 3. The van der Waals surface area contributed by atoms with Gasteiger partial charge in [-0.15, -0.1) is 9.19 Å². The topological polar surface area (TPSA) is 74.1 Å². The largest absolute Gasteiger partial charge is 0.497 e. The molecule has 23 heavy (non-hydrogen) atoms. The molecule has 0 spiro atoms. The lowest BCUT2D eigenvalue weighted by Gasteiger charge is -2.08. The van der Waals surface area contributed by atoms with Gasteiger partial charge in [0.1, 0.15) is 11.4 Å². The van der Waals surface area contributed by atoms with Crippen molar-refractivity contribution in [3.63, 3.8) is 0 Å². The Kier molecular flexibility index (Phi) is 3.87. The highest BCUT2D eigenvalue weighted by Gasteiger charge is 2.22. The molecule has 3 aromatic rings. The summed E-state index contributed by atoms with van der Waals surface area (Å²) in [6, 6.07) is 13.6. The van der Waals surface area contributed by atoms with E-state index in [4.69, 9.17) is 4.74 Å². The van der Waals surface area contributed by atoms with Crippen LogP contribution in [0.2, 0.25) is 0 Å². The van der Waals surface area contributed by atoms with Crippen LogP contribution in [-0.2, 0) is 10.0 Å². The Morgan fingerprint density at radius 1 is 1.00 bits per heavy atom. The van der Waals surface area contributed by atoms with Gasteiger partial charge >= 0.3 is 0 Å². The number of methoxy groups -OCH3 is 1. The molecule has 0 unspecified atom stereocenters. The first-order valence-corrected chi connectivity index (χ1v) is 8.34. The molecule has 0 fully saturated rings. The predicted octanol–water partition coefficient (Wildman–Crippen LogP) is 2.50. The monoisotopic (exact) mass is 329 g/mol. The summed E-state index contributed by atoms with van der Waals surface area (Å²) >= 11 is 0. The van der Waals surface area contributed by atoms with Crippen molar-refractivity contribution in [2.24, 2.45) is 0 Å². The first-order valence-electron chi connectivity index (χ1n) is 6.90. The molecule has 6 nitrogen and oxygen atoms in total. The van der Waals surface area contributed by atoms with Gasteiger partial charge in [-0.3, -0.25) is 0 Å². The summed E-state index contributed by atoms with van der Waals surface area (Å²) in [5, 5.41) is 7.51. The number of hydrogen-bond donors (Lipinski definition) is 0. The van der Waals surface area contributed by atoms with Crippen molar-refractivity contribution in [3.05, 3.63) is 60.3 Å². The molecule has 0 saturated carbocycles. The third-order valence-corrected chi connectivity index (χ3v) is 5.04. The molecule has 0 radical (unpaired) electrons. The molecular weight excluding hydrogens is 314 g/mol. The van der Waals surface area contributed by atoms with Crippen LogP contribution in [-0.4, -0.2) is 29.9 Å². The van der Waals surface area contributed by atoms with Crippen molar-refractivity contribution in [1.29, 1.82) is 0 Å². The lowest BCUT2D eigenvalue weighted by molar-refractivity contribution is 0.415. The Labute approximate surface area is 134 Å². The molecule has 2 aromatic carbocycles. The molecule has 0 aliphatic heterocycles. The van der Waals surface area contributed by atoms with E-state index in [0.29, 0.717) is 17.0 Å². The number of hydrogen-bond acceptors (Lipinski definition) is 5. The lowest BCUT2D eigenvalue weighted by atomic mass is 10.2. The van der Waals surface area contributed by atoms with Gasteiger partial charge < -0.3 is 4.74 Å². The Morgan fingerprint density at radius 2 is 1.65 bits per heavy atom. The maximum Gasteiger partial charge on any atom is 0.284 e. The zero-order valence-electron chi connectivity index (χ0n) is 12.7. The second kappa shape index (κ2) is 5.85. The van der Waals surface area contributed by atoms with Crippen molar-refractivity contribution in [3.8, 4) is 17.0 Å². The first-order chi connectivity index (χ1) is 11.0. The number of ether oxygens (including phenoxy) is 1. The fraction of sp³-hybridized carbons (Fsp3) is 0.125. The smallest absolute Gasteiger partial charge is 0.284 e. The zero-order chi connectivity index (χ0) is 16.4. The predicted molar refractivity (Wildman–Crippen MR) is 85.8 cm³/mol. The Hall–Kier alpha value is -2.67. The molecular formula is C16H15N3O3S. The molecule has 0 aliphatic carbocycles. The van der Waals surface area contributed by atoms with Crippen LogP contribution >= 0.6 is 0 Å². The summed E-state index contributed by atoms with van der Waals surface area (Å²) in [6.07, 6.45) is 1.42. The van der Waals surface area contributed by atoms with Crippen molar-refractivity contribution in [1.82, 2.24) is 14.4 Å². The minimum absolute atomic E-state index is 0.170. The van der Waals surface area contributed by atoms with Gasteiger partial charge in [0, 0.05) is 5.56 Å². The van der Waals surface area contributed by atoms with Gasteiger partial charge in [0.05, 0.1) is 18.2 Å². The molecule has 1 heterocycles. The Bertz CT molecular complexity index is 914. The second-order valence-corrected chi connectivity index (χ2v) is 6.78. The van der Waals surface area contributed by atoms with E-state index in [0.717, 1.165) is 9.65 Å². The third kappa shape index (κ3) is 2.83. The van der Waals surface area contributed by atoms with Gasteiger partial charge in [0.15, 0.2) is 0 Å². The molecule has 7 heteroatoms. The van der Waals surface area contributed by atoms with E-state index < -0.39 is 10.0 Å². The van der Waals surface area contributed by atoms with Crippen molar-refractivity contribution in [2.45, 2.75) is 11.8 Å². The van der Waals surface area contributed by atoms with Crippen LogP contribution in [0, 0.1) is 6.92 Å². The third-order valence-electron chi connectivity index (χ3n) is 3.45. The van der Waals surface area contributed by atoms with E-state index in [9.17, 15) is 8.42 Å². The summed E-state index contributed by atoms with van der Waals surface area (Å²) < 4.78 is 31.6. The van der Waals surface area contributed by atoms with E-state index in [1.165, 1.54) is 6.20 Å². The molecule has 1 aromatic heterocycles. The van der Waals surface area contributed by atoms with Gasteiger partial charge in [0.25, 0.3) is 10.0 Å². The minimum atomic E-state index is -3.80. The molecule has 0 saturated heterocycles. The SMILES string of the molecule is COc1ccc(-c2cnnn2S(=O)(=O)c2ccc(C)cc2)cc1. The van der Waals surface area contributed by atoms with Crippen molar-refractivity contribution in [2.75, 3.05) is 7.11 Å². The molecule has 0 N–H and O–H groups in total. The molecule has 0 amide bonds. The van der Waals surface area contributed by atoms with Crippen LogP contribution in [0.5, 0.6) is 5.75 Å². The van der Waals surface area contributed by atoms with Crippen LogP contribution in [0.3, 0.4) is 0 Å². The molecule has 0 bridgehead atoms. The van der Waals surface area contributed by atoms with Crippen molar-refractivity contribution < 1.29 is 13.2 Å². The zero-order valence-corrected chi connectivity index (χ0v) is 13.5.